The third-order valence-electron chi connectivity index (χ3n) is 4.91. The Hall–Kier alpha value is -3.59. The number of halogens is 1. The van der Waals surface area contributed by atoms with E-state index in [1.165, 1.54) is 12.3 Å². The summed E-state index contributed by atoms with van der Waals surface area (Å²) >= 11 is 6.37. The third kappa shape index (κ3) is 8.60. The number of hydrogen-bond donors (Lipinski definition) is 3. The van der Waals surface area contributed by atoms with Gasteiger partial charge in [0.05, 0.1) is 17.8 Å². The molecule has 0 aromatic heterocycles. The molecule has 0 fully saturated rings. The number of nitrogens with zero attached hydrogens (tertiary/aromatic N) is 1. The highest BCUT2D eigenvalue weighted by Gasteiger charge is 2.16. The minimum Gasteiger partial charge on any atom is -0.490 e. The summed E-state index contributed by atoms with van der Waals surface area (Å²) < 4.78 is 11.3. The number of amides is 3. The van der Waals surface area contributed by atoms with E-state index in [1.54, 1.807) is 19.9 Å². The number of ether oxygens (including phenoxy) is 2. The lowest BCUT2D eigenvalue weighted by atomic mass is 10.1. The fourth-order valence-electron chi connectivity index (χ4n) is 2.95. The minimum atomic E-state index is -0.882. The number of rotatable bonds is 10. The van der Waals surface area contributed by atoms with E-state index in [0.717, 1.165) is 11.1 Å². The van der Waals surface area contributed by atoms with Crippen molar-refractivity contribution in [3.05, 3.63) is 52.0 Å². The number of benzene rings is 2. The highest BCUT2D eigenvalue weighted by Crippen LogP contribution is 2.36. The molecular formula is C25H31ClN4O5. The predicted molar refractivity (Wildman–Crippen MR) is 136 cm³/mol. The Morgan fingerprint density at radius 1 is 1.09 bits per heavy atom. The van der Waals surface area contributed by atoms with Crippen molar-refractivity contribution in [2.75, 3.05) is 18.5 Å². The maximum atomic E-state index is 12.4. The van der Waals surface area contributed by atoms with Crippen LogP contribution in [0.4, 0.5) is 5.69 Å². The van der Waals surface area contributed by atoms with Crippen LogP contribution in [0.1, 0.15) is 43.9 Å². The van der Waals surface area contributed by atoms with Gasteiger partial charge >= 0.3 is 11.8 Å². The van der Waals surface area contributed by atoms with Gasteiger partial charge in [-0.2, -0.15) is 5.10 Å². The van der Waals surface area contributed by atoms with Gasteiger partial charge in [0.2, 0.25) is 0 Å². The molecule has 0 radical (unpaired) electrons. The first-order valence-corrected chi connectivity index (χ1v) is 11.6. The Kier molecular flexibility index (Phi) is 10.5. The van der Waals surface area contributed by atoms with E-state index < -0.39 is 11.8 Å². The third-order valence-corrected chi connectivity index (χ3v) is 5.19. The van der Waals surface area contributed by atoms with E-state index in [9.17, 15) is 14.4 Å². The van der Waals surface area contributed by atoms with Crippen molar-refractivity contribution in [1.29, 1.82) is 0 Å². The normalized spacial score (nSPS) is 11.6. The molecule has 2 aromatic carbocycles. The number of nitrogens with one attached hydrogen (secondary N) is 3. The van der Waals surface area contributed by atoms with Gasteiger partial charge in [0.15, 0.2) is 18.1 Å². The summed E-state index contributed by atoms with van der Waals surface area (Å²) in [5, 5.41) is 9.35. The molecule has 3 N–H and O–H groups in total. The molecule has 1 atom stereocenters. The van der Waals surface area contributed by atoms with Crippen molar-refractivity contribution in [2.45, 2.75) is 47.1 Å². The number of aryl methyl sites for hydroxylation is 2. The molecule has 0 aliphatic rings. The number of hydrogen-bond acceptors (Lipinski definition) is 6. The zero-order valence-electron chi connectivity index (χ0n) is 20.5. The van der Waals surface area contributed by atoms with Crippen molar-refractivity contribution < 1.29 is 23.9 Å². The standard InChI is InChI=1S/C25H31ClN4O5/c1-6-17(5)28-24(32)25(33)30-27-13-18-11-19(26)23(21(12-18)34-7-2)35-14-22(31)29-20-9-8-15(3)10-16(20)4/h8-13,17H,6-7,14H2,1-5H3,(H,28,32)(H,29,31)(H,30,33)/b27-13-/t17-/m1/s1. The van der Waals surface area contributed by atoms with Crippen LogP contribution in [0.25, 0.3) is 0 Å². The Bertz CT molecular complexity index is 1100. The second kappa shape index (κ2) is 13.3. The fourth-order valence-corrected chi connectivity index (χ4v) is 3.22. The number of carbonyl (C=O) groups is 3. The molecule has 3 amide bonds. The van der Waals surface area contributed by atoms with Gasteiger partial charge in [-0.1, -0.05) is 36.2 Å². The average Bonchev–Trinajstić information content (AvgIpc) is 2.80. The van der Waals surface area contributed by atoms with Gasteiger partial charge in [-0.05, 0) is 63.4 Å². The van der Waals surface area contributed by atoms with Gasteiger partial charge in [0.1, 0.15) is 0 Å². The number of carbonyl (C=O) groups excluding carboxylic acids is 3. The van der Waals surface area contributed by atoms with E-state index in [-0.39, 0.29) is 29.3 Å². The van der Waals surface area contributed by atoms with Crippen molar-refractivity contribution in [3.63, 3.8) is 0 Å². The number of anilines is 1. The lowest BCUT2D eigenvalue weighted by molar-refractivity contribution is -0.139. The van der Waals surface area contributed by atoms with Crippen LogP contribution in [0.15, 0.2) is 35.4 Å². The molecule has 0 aliphatic heterocycles. The van der Waals surface area contributed by atoms with Crippen molar-refractivity contribution in [2.24, 2.45) is 5.10 Å². The summed E-state index contributed by atoms with van der Waals surface area (Å²) in [7, 11) is 0. The Labute approximate surface area is 210 Å². The summed E-state index contributed by atoms with van der Waals surface area (Å²) in [4.78, 5) is 36.0. The monoisotopic (exact) mass is 502 g/mol. The fraction of sp³-hybridized carbons (Fsp3) is 0.360. The zero-order valence-corrected chi connectivity index (χ0v) is 21.3. The first kappa shape index (κ1) is 27.7. The van der Waals surface area contributed by atoms with E-state index in [4.69, 9.17) is 21.1 Å². The molecule has 2 aromatic rings. The summed E-state index contributed by atoms with van der Waals surface area (Å²) in [5.74, 6) is -1.49. The van der Waals surface area contributed by atoms with Crippen LogP contribution < -0.4 is 25.5 Å². The maximum absolute atomic E-state index is 12.4. The largest absolute Gasteiger partial charge is 0.490 e. The Balaban J connectivity index is 2.05. The summed E-state index contributed by atoms with van der Waals surface area (Å²) in [6.07, 6.45) is 2.02. The Morgan fingerprint density at radius 2 is 1.83 bits per heavy atom. The molecule has 0 unspecified atom stereocenters. The summed E-state index contributed by atoms with van der Waals surface area (Å²) in [5.41, 5.74) is 5.41. The molecule has 0 bridgehead atoms. The Morgan fingerprint density at radius 3 is 2.49 bits per heavy atom. The van der Waals surface area contributed by atoms with Gasteiger partial charge in [0, 0.05) is 11.7 Å². The highest BCUT2D eigenvalue weighted by atomic mass is 35.5. The predicted octanol–water partition coefficient (Wildman–Crippen LogP) is 3.74. The number of hydrazone groups is 1. The maximum Gasteiger partial charge on any atom is 0.329 e. The molecule has 0 saturated carbocycles. The van der Waals surface area contributed by atoms with Gasteiger partial charge < -0.3 is 20.1 Å². The topological polar surface area (TPSA) is 118 Å². The van der Waals surface area contributed by atoms with Gasteiger partial charge in [0.25, 0.3) is 5.91 Å². The van der Waals surface area contributed by atoms with Gasteiger partial charge in [-0.15, -0.1) is 0 Å². The van der Waals surface area contributed by atoms with E-state index in [1.807, 2.05) is 39.0 Å². The lowest BCUT2D eigenvalue weighted by Gasteiger charge is -2.15. The molecule has 2 rings (SSSR count). The summed E-state index contributed by atoms with van der Waals surface area (Å²) in [6, 6.07) is 8.73. The minimum absolute atomic E-state index is 0.125. The SMILES string of the molecule is CCOc1cc(/C=N\NC(=O)C(=O)N[C@H](C)CC)cc(Cl)c1OCC(=O)Nc1ccc(C)cc1C. The van der Waals surface area contributed by atoms with Crippen LogP contribution in [0.3, 0.4) is 0 Å². The smallest absolute Gasteiger partial charge is 0.329 e. The molecule has 0 spiro atoms. The van der Waals surface area contributed by atoms with Crippen LogP contribution in [-0.2, 0) is 14.4 Å². The average molecular weight is 503 g/mol. The van der Waals surface area contributed by atoms with Crippen LogP contribution >= 0.6 is 11.6 Å². The van der Waals surface area contributed by atoms with Crippen LogP contribution in [0, 0.1) is 13.8 Å². The molecular weight excluding hydrogens is 472 g/mol. The van der Waals surface area contributed by atoms with Crippen LogP contribution in [-0.4, -0.2) is 43.2 Å². The van der Waals surface area contributed by atoms with Crippen LogP contribution in [0.2, 0.25) is 5.02 Å². The van der Waals surface area contributed by atoms with Crippen LogP contribution in [0.5, 0.6) is 11.5 Å². The quantitative estimate of drug-likeness (QED) is 0.260. The summed E-state index contributed by atoms with van der Waals surface area (Å²) in [6.45, 7) is 9.42. The molecule has 188 valence electrons. The van der Waals surface area contributed by atoms with E-state index in [0.29, 0.717) is 30.0 Å². The molecule has 0 aliphatic carbocycles. The van der Waals surface area contributed by atoms with Crippen molar-refractivity contribution in [3.8, 4) is 11.5 Å². The molecule has 35 heavy (non-hydrogen) atoms. The van der Waals surface area contributed by atoms with Gasteiger partial charge in [-0.25, -0.2) is 5.43 Å². The molecule has 9 nitrogen and oxygen atoms in total. The van der Waals surface area contributed by atoms with E-state index in [2.05, 4.69) is 21.2 Å². The lowest BCUT2D eigenvalue weighted by Crippen LogP contribution is -2.41. The van der Waals surface area contributed by atoms with E-state index >= 15 is 0 Å². The second-order valence-corrected chi connectivity index (χ2v) is 8.31. The van der Waals surface area contributed by atoms with Crippen molar-refractivity contribution in [1.82, 2.24) is 10.7 Å². The first-order valence-electron chi connectivity index (χ1n) is 11.2. The van der Waals surface area contributed by atoms with Crippen molar-refractivity contribution >= 4 is 41.2 Å². The molecule has 0 saturated heterocycles. The van der Waals surface area contributed by atoms with Gasteiger partial charge in [-0.3, -0.25) is 14.4 Å². The second-order valence-electron chi connectivity index (χ2n) is 7.90. The molecule has 10 heteroatoms. The molecule has 0 heterocycles. The zero-order chi connectivity index (χ0) is 26.0. The first-order chi connectivity index (χ1) is 16.6. The highest BCUT2D eigenvalue weighted by molar-refractivity contribution is 6.35.